The van der Waals surface area contributed by atoms with E-state index in [2.05, 4.69) is 70.2 Å². The average molecular weight is 360 g/mol. The topological polar surface area (TPSA) is 35.6 Å². The van der Waals surface area contributed by atoms with Crippen molar-refractivity contribution < 1.29 is 0 Å². The zero-order valence-electron chi connectivity index (χ0n) is 15.0. The summed E-state index contributed by atoms with van der Waals surface area (Å²) in [5, 5.41) is 2.51. The van der Waals surface area contributed by atoms with Crippen LogP contribution in [0.2, 0.25) is 0 Å². The third-order valence-electron chi connectivity index (χ3n) is 5.27. The lowest BCUT2D eigenvalue weighted by Gasteiger charge is -2.09. The van der Waals surface area contributed by atoms with Gasteiger partial charge in [-0.25, -0.2) is 9.97 Å². The number of aromatic nitrogens is 4. The highest BCUT2D eigenvalue weighted by atomic mass is 15.1. The van der Waals surface area contributed by atoms with Gasteiger partial charge in [0.05, 0.1) is 34.0 Å². The largest absolute Gasteiger partial charge is 0.308 e. The van der Waals surface area contributed by atoms with Gasteiger partial charge in [0.15, 0.2) is 0 Å². The van der Waals surface area contributed by atoms with E-state index in [0.29, 0.717) is 0 Å². The maximum absolute atomic E-state index is 4.74. The second-order valence-corrected chi connectivity index (χ2v) is 6.85. The molecule has 0 N–H and O–H groups in total. The molecule has 0 amide bonds. The van der Waals surface area contributed by atoms with Gasteiger partial charge in [0.1, 0.15) is 12.1 Å². The molecule has 28 heavy (non-hydrogen) atoms. The minimum atomic E-state index is 0.859. The van der Waals surface area contributed by atoms with Crippen molar-refractivity contribution in [1.82, 2.24) is 19.1 Å². The fourth-order valence-corrected chi connectivity index (χ4v) is 4.00. The molecule has 3 aromatic carbocycles. The SMILES string of the molecule is c1ccc2c(c1)ncn2-c1ccc(-n2c3ccccc3c3ccccc32)cn1. The molecule has 0 atom stereocenters. The first-order chi connectivity index (χ1) is 13.9. The quantitative estimate of drug-likeness (QED) is 0.408. The first kappa shape index (κ1) is 15.2. The van der Waals surface area contributed by atoms with Crippen LogP contribution in [0.25, 0.3) is 44.3 Å². The summed E-state index contributed by atoms with van der Waals surface area (Å²) in [6.07, 6.45) is 3.76. The van der Waals surface area contributed by atoms with Gasteiger partial charge in [0, 0.05) is 10.8 Å². The van der Waals surface area contributed by atoms with E-state index in [1.54, 1.807) is 0 Å². The number of hydrogen-bond acceptors (Lipinski definition) is 2. The maximum atomic E-state index is 4.74. The smallest absolute Gasteiger partial charge is 0.138 e. The van der Waals surface area contributed by atoms with Crippen molar-refractivity contribution in [2.45, 2.75) is 0 Å². The van der Waals surface area contributed by atoms with E-state index in [1.807, 2.05) is 41.4 Å². The second kappa shape index (κ2) is 5.79. The van der Waals surface area contributed by atoms with Crippen molar-refractivity contribution in [3.63, 3.8) is 0 Å². The fourth-order valence-electron chi connectivity index (χ4n) is 4.00. The molecule has 4 nitrogen and oxygen atoms in total. The van der Waals surface area contributed by atoms with Crippen LogP contribution >= 0.6 is 0 Å². The van der Waals surface area contributed by atoms with Crippen LogP contribution < -0.4 is 0 Å². The lowest BCUT2D eigenvalue weighted by molar-refractivity contribution is 1.01. The number of para-hydroxylation sites is 4. The Balaban J connectivity index is 1.55. The summed E-state index contributed by atoms with van der Waals surface area (Å²) >= 11 is 0. The molecule has 0 fully saturated rings. The van der Waals surface area contributed by atoms with Crippen molar-refractivity contribution in [3.05, 3.63) is 97.5 Å². The number of rotatable bonds is 2. The van der Waals surface area contributed by atoms with Crippen LogP contribution in [0.3, 0.4) is 0 Å². The van der Waals surface area contributed by atoms with E-state index in [-0.39, 0.29) is 0 Å². The third kappa shape index (κ3) is 2.12. The van der Waals surface area contributed by atoms with Gasteiger partial charge in [-0.3, -0.25) is 4.57 Å². The summed E-state index contributed by atoms with van der Waals surface area (Å²) in [5.41, 5.74) is 5.44. The van der Waals surface area contributed by atoms with E-state index in [1.165, 1.54) is 21.8 Å². The van der Waals surface area contributed by atoms with Gasteiger partial charge in [-0.05, 0) is 36.4 Å². The molecule has 0 saturated carbocycles. The van der Waals surface area contributed by atoms with Crippen LogP contribution in [-0.2, 0) is 0 Å². The molecule has 132 valence electrons. The lowest BCUT2D eigenvalue weighted by atomic mass is 10.2. The summed E-state index contributed by atoms with van der Waals surface area (Å²) < 4.78 is 4.29. The van der Waals surface area contributed by atoms with Crippen LogP contribution in [0.4, 0.5) is 0 Å². The number of pyridine rings is 1. The first-order valence-corrected chi connectivity index (χ1v) is 9.27. The highest BCUT2D eigenvalue weighted by Gasteiger charge is 2.12. The lowest BCUT2D eigenvalue weighted by Crippen LogP contribution is -1.99. The van der Waals surface area contributed by atoms with Crippen LogP contribution in [-0.4, -0.2) is 19.1 Å². The molecular weight excluding hydrogens is 344 g/mol. The predicted octanol–water partition coefficient (Wildman–Crippen LogP) is 5.52. The Kier molecular flexibility index (Phi) is 3.14. The summed E-state index contributed by atoms with van der Waals surface area (Å²) in [6.45, 7) is 0. The summed E-state index contributed by atoms with van der Waals surface area (Å²) in [5.74, 6) is 0.859. The van der Waals surface area contributed by atoms with Gasteiger partial charge in [0.2, 0.25) is 0 Å². The number of hydrogen-bond donors (Lipinski definition) is 0. The van der Waals surface area contributed by atoms with Crippen molar-refractivity contribution in [3.8, 4) is 11.5 Å². The first-order valence-electron chi connectivity index (χ1n) is 9.27. The monoisotopic (exact) mass is 360 g/mol. The number of fused-ring (bicyclic) bond motifs is 4. The molecule has 0 radical (unpaired) electrons. The summed E-state index contributed by atoms with van der Waals surface area (Å²) in [7, 11) is 0. The Morgan fingerprint density at radius 3 is 1.89 bits per heavy atom. The average Bonchev–Trinajstić information content (AvgIpc) is 3.33. The molecule has 3 aromatic heterocycles. The summed E-state index contributed by atoms with van der Waals surface area (Å²) in [6, 6.07) is 29.3. The molecule has 0 aliphatic heterocycles. The maximum Gasteiger partial charge on any atom is 0.138 e. The van der Waals surface area contributed by atoms with E-state index in [0.717, 1.165) is 22.5 Å². The highest BCUT2D eigenvalue weighted by molar-refractivity contribution is 6.09. The normalized spacial score (nSPS) is 11.6. The van der Waals surface area contributed by atoms with Crippen molar-refractivity contribution in [2.24, 2.45) is 0 Å². The zero-order chi connectivity index (χ0) is 18.5. The van der Waals surface area contributed by atoms with Gasteiger partial charge in [-0.2, -0.15) is 0 Å². The highest BCUT2D eigenvalue weighted by Crippen LogP contribution is 2.31. The van der Waals surface area contributed by atoms with Gasteiger partial charge in [-0.1, -0.05) is 48.5 Å². The Bertz CT molecular complexity index is 1400. The molecule has 3 heterocycles. The standard InChI is InChI=1S/C24H16N4/c1-4-10-21-18(7-1)19-8-2-5-11-22(19)28(21)17-13-14-24(25-15-17)27-16-26-20-9-3-6-12-23(20)27/h1-16H. The molecular formula is C24H16N4. The van der Waals surface area contributed by atoms with E-state index in [4.69, 9.17) is 4.98 Å². The fraction of sp³-hybridized carbons (Fsp3) is 0. The van der Waals surface area contributed by atoms with Crippen molar-refractivity contribution in [2.75, 3.05) is 0 Å². The second-order valence-electron chi connectivity index (χ2n) is 6.85. The Hall–Kier alpha value is -3.92. The predicted molar refractivity (Wildman–Crippen MR) is 113 cm³/mol. The van der Waals surface area contributed by atoms with Crippen molar-refractivity contribution >= 4 is 32.8 Å². The van der Waals surface area contributed by atoms with Crippen LogP contribution in [0.5, 0.6) is 0 Å². The number of benzene rings is 3. The van der Waals surface area contributed by atoms with E-state index >= 15 is 0 Å². The third-order valence-corrected chi connectivity index (χ3v) is 5.27. The van der Waals surface area contributed by atoms with E-state index < -0.39 is 0 Å². The molecule has 0 aliphatic rings. The van der Waals surface area contributed by atoms with Crippen LogP contribution in [0.15, 0.2) is 97.5 Å². The molecule has 0 unspecified atom stereocenters. The molecule has 4 heteroatoms. The van der Waals surface area contributed by atoms with E-state index in [9.17, 15) is 0 Å². The van der Waals surface area contributed by atoms with Crippen molar-refractivity contribution in [1.29, 1.82) is 0 Å². The minimum Gasteiger partial charge on any atom is -0.308 e. The molecule has 6 rings (SSSR count). The zero-order valence-corrected chi connectivity index (χ0v) is 15.0. The minimum absolute atomic E-state index is 0.859. The Morgan fingerprint density at radius 1 is 0.571 bits per heavy atom. The van der Waals surface area contributed by atoms with Gasteiger partial charge >= 0.3 is 0 Å². The van der Waals surface area contributed by atoms with Crippen LogP contribution in [0, 0.1) is 0 Å². The van der Waals surface area contributed by atoms with Gasteiger partial charge in [-0.15, -0.1) is 0 Å². The molecule has 0 saturated heterocycles. The molecule has 0 aliphatic carbocycles. The van der Waals surface area contributed by atoms with Gasteiger partial charge < -0.3 is 4.57 Å². The Morgan fingerprint density at radius 2 is 1.21 bits per heavy atom. The molecule has 0 spiro atoms. The Labute approximate surface area is 161 Å². The van der Waals surface area contributed by atoms with Gasteiger partial charge in [0.25, 0.3) is 0 Å². The molecule has 6 aromatic rings. The molecule has 0 bridgehead atoms. The number of imidazole rings is 1. The number of nitrogens with zero attached hydrogens (tertiary/aromatic N) is 4. The summed E-state index contributed by atoms with van der Waals surface area (Å²) in [4.78, 5) is 9.21. The van der Waals surface area contributed by atoms with Crippen LogP contribution in [0.1, 0.15) is 0 Å².